The second-order valence-electron chi connectivity index (χ2n) is 2.54. The molecule has 72 valence electrons. The fourth-order valence-electron chi connectivity index (χ4n) is 1.02. The molecule has 0 aliphatic heterocycles. The zero-order valence-corrected chi connectivity index (χ0v) is 7.61. The van der Waals surface area contributed by atoms with Crippen LogP contribution in [-0.4, -0.2) is 20.2 Å². The van der Waals surface area contributed by atoms with Crippen molar-refractivity contribution in [2.24, 2.45) is 0 Å². The number of anilines is 1. The smallest absolute Gasteiger partial charge is 0.245 e. The van der Waals surface area contributed by atoms with Crippen molar-refractivity contribution < 1.29 is 4.39 Å². The maximum absolute atomic E-state index is 13.3. The standard InChI is InChI=1S/C7H5ClFN5/c8-4-1-2-6(5(9)3-4)14-7(10)11-12-13-14/h1-3H,(H2,10,11,13). The van der Waals surface area contributed by atoms with Crippen molar-refractivity contribution in [2.45, 2.75) is 0 Å². The monoisotopic (exact) mass is 213 g/mol. The Bertz CT molecular complexity index is 469. The van der Waals surface area contributed by atoms with Crippen molar-refractivity contribution in [3.05, 3.63) is 29.0 Å². The third kappa shape index (κ3) is 1.39. The molecule has 2 N–H and O–H groups in total. The van der Waals surface area contributed by atoms with Crippen LogP contribution in [0.2, 0.25) is 5.02 Å². The van der Waals surface area contributed by atoms with E-state index in [1.807, 2.05) is 0 Å². The van der Waals surface area contributed by atoms with Gasteiger partial charge in [-0.1, -0.05) is 16.7 Å². The quantitative estimate of drug-likeness (QED) is 0.768. The molecule has 1 heterocycles. The molecule has 14 heavy (non-hydrogen) atoms. The molecule has 0 aliphatic rings. The van der Waals surface area contributed by atoms with Gasteiger partial charge >= 0.3 is 0 Å². The third-order valence-corrected chi connectivity index (χ3v) is 1.87. The molecule has 0 spiro atoms. The third-order valence-electron chi connectivity index (χ3n) is 1.63. The van der Waals surface area contributed by atoms with E-state index in [0.29, 0.717) is 5.02 Å². The van der Waals surface area contributed by atoms with Crippen LogP contribution in [0.15, 0.2) is 18.2 Å². The lowest BCUT2D eigenvalue weighted by molar-refractivity contribution is 0.608. The zero-order valence-electron chi connectivity index (χ0n) is 6.85. The Labute approximate surface area is 83.3 Å². The van der Waals surface area contributed by atoms with Crippen molar-refractivity contribution in [2.75, 3.05) is 5.73 Å². The normalized spacial score (nSPS) is 10.4. The maximum atomic E-state index is 13.3. The number of hydrogen-bond donors (Lipinski definition) is 1. The van der Waals surface area contributed by atoms with E-state index < -0.39 is 5.82 Å². The summed E-state index contributed by atoms with van der Waals surface area (Å²) in [6.07, 6.45) is 0. The number of halogens is 2. The molecular formula is C7H5ClFN5. The number of nitrogens with two attached hydrogens (primary N) is 1. The summed E-state index contributed by atoms with van der Waals surface area (Å²) in [5.74, 6) is -0.511. The molecule has 0 atom stereocenters. The number of nitrogens with zero attached hydrogens (tertiary/aromatic N) is 4. The van der Waals surface area contributed by atoms with Crippen molar-refractivity contribution in [1.82, 2.24) is 20.2 Å². The summed E-state index contributed by atoms with van der Waals surface area (Å²) in [7, 11) is 0. The summed E-state index contributed by atoms with van der Waals surface area (Å²) < 4.78 is 14.4. The van der Waals surface area contributed by atoms with E-state index in [-0.39, 0.29) is 11.6 Å². The number of aromatic nitrogens is 4. The maximum Gasteiger partial charge on any atom is 0.245 e. The lowest BCUT2D eigenvalue weighted by Gasteiger charge is -2.02. The highest BCUT2D eigenvalue weighted by atomic mass is 35.5. The van der Waals surface area contributed by atoms with Crippen LogP contribution in [0.1, 0.15) is 0 Å². The second-order valence-corrected chi connectivity index (χ2v) is 2.98. The van der Waals surface area contributed by atoms with E-state index >= 15 is 0 Å². The predicted molar refractivity (Wildman–Crippen MR) is 48.5 cm³/mol. The Hall–Kier alpha value is -1.69. The Morgan fingerprint density at radius 1 is 1.43 bits per heavy atom. The first kappa shape index (κ1) is 8.89. The summed E-state index contributed by atoms with van der Waals surface area (Å²) in [5, 5.41) is 10.6. The Morgan fingerprint density at radius 3 is 2.79 bits per heavy atom. The van der Waals surface area contributed by atoms with Crippen LogP contribution in [0, 0.1) is 5.82 Å². The minimum absolute atomic E-state index is 0.0197. The molecule has 2 rings (SSSR count). The molecular weight excluding hydrogens is 209 g/mol. The lowest BCUT2D eigenvalue weighted by Crippen LogP contribution is -2.04. The molecule has 1 aromatic heterocycles. The van der Waals surface area contributed by atoms with Gasteiger partial charge in [-0.3, -0.25) is 0 Å². The van der Waals surface area contributed by atoms with Gasteiger partial charge in [0.1, 0.15) is 5.69 Å². The highest BCUT2D eigenvalue weighted by molar-refractivity contribution is 6.30. The molecule has 2 aromatic rings. The van der Waals surface area contributed by atoms with Gasteiger partial charge in [0.15, 0.2) is 5.82 Å². The van der Waals surface area contributed by atoms with Crippen molar-refractivity contribution >= 4 is 17.5 Å². The highest BCUT2D eigenvalue weighted by Gasteiger charge is 2.09. The molecule has 0 aliphatic carbocycles. The van der Waals surface area contributed by atoms with Crippen molar-refractivity contribution in [1.29, 1.82) is 0 Å². The van der Waals surface area contributed by atoms with Crippen molar-refractivity contribution in [3.8, 4) is 5.69 Å². The molecule has 0 saturated carbocycles. The first-order chi connectivity index (χ1) is 6.68. The van der Waals surface area contributed by atoms with E-state index in [0.717, 1.165) is 10.7 Å². The molecule has 1 aromatic carbocycles. The van der Waals surface area contributed by atoms with E-state index in [1.165, 1.54) is 12.1 Å². The van der Waals surface area contributed by atoms with Gasteiger partial charge in [0.25, 0.3) is 0 Å². The fourth-order valence-corrected chi connectivity index (χ4v) is 1.18. The highest BCUT2D eigenvalue weighted by Crippen LogP contribution is 2.18. The topological polar surface area (TPSA) is 69.6 Å². The predicted octanol–water partition coefficient (Wildman–Crippen LogP) is 1.04. The van der Waals surface area contributed by atoms with Gasteiger partial charge < -0.3 is 5.73 Å². The van der Waals surface area contributed by atoms with E-state index in [2.05, 4.69) is 15.5 Å². The minimum atomic E-state index is -0.531. The summed E-state index contributed by atoms with van der Waals surface area (Å²) in [4.78, 5) is 0. The van der Waals surface area contributed by atoms with E-state index in [9.17, 15) is 4.39 Å². The zero-order chi connectivity index (χ0) is 10.1. The van der Waals surface area contributed by atoms with Crippen LogP contribution < -0.4 is 5.73 Å². The molecule has 0 amide bonds. The summed E-state index contributed by atoms with van der Waals surface area (Å²) in [6, 6.07) is 4.14. The summed E-state index contributed by atoms with van der Waals surface area (Å²) in [5.41, 5.74) is 5.57. The van der Waals surface area contributed by atoms with Crippen LogP contribution in [0.25, 0.3) is 5.69 Å². The Morgan fingerprint density at radius 2 is 2.21 bits per heavy atom. The van der Waals surface area contributed by atoms with Gasteiger partial charge in [-0.2, -0.15) is 4.68 Å². The fraction of sp³-hybridized carbons (Fsp3) is 0. The van der Waals surface area contributed by atoms with Crippen LogP contribution in [0.3, 0.4) is 0 Å². The number of rotatable bonds is 1. The number of tetrazole rings is 1. The first-order valence-corrected chi connectivity index (χ1v) is 4.05. The molecule has 0 fully saturated rings. The molecule has 7 heteroatoms. The van der Waals surface area contributed by atoms with E-state index in [1.54, 1.807) is 0 Å². The van der Waals surface area contributed by atoms with Crippen LogP contribution in [-0.2, 0) is 0 Å². The van der Waals surface area contributed by atoms with Crippen LogP contribution >= 0.6 is 11.6 Å². The molecule has 0 bridgehead atoms. The Balaban J connectivity index is 2.58. The lowest BCUT2D eigenvalue weighted by atomic mass is 10.3. The Kier molecular flexibility index (Phi) is 2.05. The largest absolute Gasteiger partial charge is 0.366 e. The van der Waals surface area contributed by atoms with E-state index in [4.69, 9.17) is 17.3 Å². The average Bonchev–Trinajstić information content (AvgIpc) is 2.52. The molecule has 0 unspecified atom stereocenters. The van der Waals surface area contributed by atoms with Gasteiger partial charge in [0.2, 0.25) is 5.95 Å². The minimum Gasteiger partial charge on any atom is -0.366 e. The van der Waals surface area contributed by atoms with Gasteiger partial charge in [0, 0.05) is 5.02 Å². The number of nitrogen functional groups attached to an aromatic ring is 1. The van der Waals surface area contributed by atoms with Gasteiger partial charge in [-0.15, -0.1) is 0 Å². The van der Waals surface area contributed by atoms with Gasteiger partial charge in [-0.05, 0) is 28.6 Å². The van der Waals surface area contributed by atoms with Crippen LogP contribution in [0.5, 0.6) is 0 Å². The van der Waals surface area contributed by atoms with Crippen LogP contribution in [0.4, 0.5) is 10.3 Å². The molecule has 0 radical (unpaired) electrons. The van der Waals surface area contributed by atoms with Crippen molar-refractivity contribution in [3.63, 3.8) is 0 Å². The number of benzene rings is 1. The number of hydrogen-bond acceptors (Lipinski definition) is 4. The summed E-state index contributed by atoms with van der Waals surface area (Å²) >= 11 is 5.59. The average molecular weight is 214 g/mol. The summed E-state index contributed by atoms with van der Waals surface area (Å²) in [6.45, 7) is 0. The second kappa shape index (κ2) is 3.22. The SMILES string of the molecule is Nc1nnnn1-c1ccc(Cl)cc1F. The molecule has 0 saturated heterocycles. The molecule has 5 nitrogen and oxygen atoms in total. The van der Waals surface area contributed by atoms with Gasteiger partial charge in [0.05, 0.1) is 0 Å². The van der Waals surface area contributed by atoms with Gasteiger partial charge in [-0.25, -0.2) is 4.39 Å². The first-order valence-electron chi connectivity index (χ1n) is 3.68.